The molecule has 1 amide bonds. The zero-order valence-corrected chi connectivity index (χ0v) is 19.7. The Balaban J connectivity index is 1.47. The Morgan fingerprint density at radius 2 is 1.88 bits per heavy atom. The van der Waals surface area contributed by atoms with E-state index in [1.165, 1.54) is 24.9 Å². The van der Waals surface area contributed by atoms with Crippen LogP contribution in [0.1, 0.15) is 28.8 Å². The Kier molecular flexibility index (Phi) is 8.39. The zero-order chi connectivity index (χ0) is 23.3. The summed E-state index contributed by atoms with van der Waals surface area (Å²) in [7, 11) is 1.39. The van der Waals surface area contributed by atoms with Crippen molar-refractivity contribution < 1.29 is 19.2 Å². The molecule has 10 heteroatoms. The number of carbonyl (C=O) groups is 2. The van der Waals surface area contributed by atoms with Crippen molar-refractivity contribution in [3.63, 3.8) is 0 Å². The van der Waals surface area contributed by atoms with Gasteiger partial charge in [0.1, 0.15) is 0 Å². The van der Waals surface area contributed by atoms with E-state index in [2.05, 4.69) is 0 Å². The zero-order valence-electron chi connectivity index (χ0n) is 17.4. The van der Waals surface area contributed by atoms with Crippen LogP contribution in [0.4, 0.5) is 5.69 Å². The topological polar surface area (TPSA) is 89.8 Å². The van der Waals surface area contributed by atoms with Crippen molar-refractivity contribution in [1.82, 2.24) is 4.90 Å². The molecule has 32 heavy (non-hydrogen) atoms. The van der Waals surface area contributed by atoms with Gasteiger partial charge in [-0.1, -0.05) is 29.3 Å². The highest BCUT2D eigenvalue weighted by atomic mass is 35.5. The van der Waals surface area contributed by atoms with Crippen LogP contribution in [-0.2, 0) is 10.5 Å². The maximum atomic E-state index is 12.7. The van der Waals surface area contributed by atoms with Crippen LogP contribution in [0.5, 0.6) is 5.75 Å². The smallest absolute Gasteiger partial charge is 0.311 e. The predicted octanol–water partition coefficient (Wildman–Crippen LogP) is 5.26. The normalized spacial score (nSPS) is 14.3. The SMILES string of the molecule is COc1ccc(CSCC(=O)N2CCC(C(=O)c3ccc(Cl)c(Cl)c3)CC2)cc1[N+](=O)[O-]. The Bertz CT molecular complexity index is 1030. The quantitative estimate of drug-likeness (QED) is 0.281. The first kappa shape index (κ1) is 24.4. The number of piperidine rings is 1. The molecular weight excluding hydrogens is 475 g/mol. The molecule has 0 spiro atoms. The summed E-state index contributed by atoms with van der Waals surface area (Å²) in [5.74, 6) is 0.820. The number of likely N-dealkylation sites (tertiary alicyclic amines) is 1. The minimum absolute atomic E-state index is 0.00144. The van der Waals surface area contributed by atoms with Crippen molar-refractivity contribution >= 4 is 52.3 Å². The van der Waals surface area contributed by atoms with Gasteiger partial charge < -0.3 is 9.64 Å². The molecule has 0 atom stereocenters. The fourth-order valence-electron chi connectivity index (χ4n) is 3.59. The van der Waals surface area contributed by atoms with Gasteiger partial charge in [0.2, 0.25) is 5.91 Å². The molecule has 1 fully saturated rings. The number of methoxy groups -OCH3 is 1. The molecule has 1 aliphatic heterocycles. The average molecular weight is 497 g/mol. The summed E-state index contributed by atoms with van der Waals surface area (Å²) < 4.78 is 5.00. The van der Waals surface area contributed by atoms with Crippen molar-refractivity contribution in [3.05, 3.63) is 67.7 Å². The van der Waals surface area contributed by atoms with Crippen LogP contribution in [0, 0.1) is 16.0 Å². The molecule has 1 saturated heterocycles. The summed E-state index contributed by atoms with van der Waals surface area (Å²) in [6, 6.07) is 9.66. The van der Waals surface area contributed by atoms with E-state index in [-0.39, 0.29) is 34.8 Å². The summed E-state index contributed by atoms with van der Waals surface area (Å²) in [6.07, 6.45) is 1.19. The van der Waals surface area contributed by atoms with Crippen molar-refractivity contribution in [1.29, 1.82) is 0 Å². The lowest BCUT2D eigenvalue weighted by atomic mass is 9.89. The van der Waals surface area contributed by atoms with Crippen LogP contribution in [0.25, 0.3) is 0 Å². The van der Waals surface area contributed by atoms with Gasteiger partial charge in [0, 0.05) is 36.4 Å². The predicted molar refractivity (Wildman–Crippen MR) is 126 cm³/mol. The molecule has 0 radical (unpaired) electrons. The Morgan fingerprint density at radius 3 is 2.50 bits per heavy atom. The largest absolute Gasteiger partial charge is 0.490 e. The first-order valence-electron chi connectivity index (χ1n) is 9.96. The van der Waals surface area contributed by atoms with Crippen LogP contribution in [0.2, 0.25) is 10.0 Å². The highest BCUT2D eigenvalue weighted by Gasteiger charge is 2.28. The highest BCUT2D eigenvalue weighted by Crippen LogP contribution is 2.30. The maximum Gasteiger partial charge on any atom is 0.311 e. The second-order valence-electron chi connectivity index (χ2n) is 7.40. The first-order valence-corrected chi connectivity index (χ1v) is 11.9. The summed E-state index contributed by atoms with van der Waals surface area (Å²) in [6.45, 7) is 1.04. The molecule has 1 aliphatic rings. The third-order valence-corrected chi connectivity index (χ3v) is 7.08. The van der Waals surface area contributed by atoms with E-state index in [4.69, 9.17) is 27.9 Å². The monoisotopic (exact) mass is 496 g/mol. The van der Waals surface area contributed by atoms with Gasteiger partial charge in [-0.05, 0) is 42.7 Å². The molecule has 3 rings (SSSR count). The van der Waals surface area contributed by atoms with Crippen LogP contribution in [0.3, 0.4) is 0 Å². The number of carbonyl (C=O) groups excluding carboxylic acids is 2. The van der Waals surface area contributed by atoms with Gasteiger partial charge in [-0.3, -0.25) is 19.7 Å². The van der Waals surface area contributed by atoms with Gasteiger partial charge in [0.15, 0.2) is 11.5 Å². The lowest BCUT2D eigenvalue weighted by Gasteiger charge is -2.31. The van der Waals surface area contributed by atoms with Crippen molar-refractivity contribution in [2.24, 2.45) is 5.92 Å². The number of nitrogens with zero attached hydrogens (tertiary/aromatic N) is 2. The standard InChI is InChI=1S/C22H22Cl2N2O5S/c1-31-20-5-2-14(10-19(20)26(29)30)12-32-13-21(27)25-8-6-15(7-9-25)22(28)16-3-4-17(23)18(24)11-16/h2-5,10-11,15H,6-9,12-13H2,1H3. The van der Waals surface area contributed by atoms with E-state index in [1.807, 2.05) is 0 Å². The van der Waals surface area contributed by atoms with E-state index in [0.717, 1.165) is 5.56 Å². The molecule has 0 saturated carbocycles. The molecule has 0 aliphatic carbocycles. The fraction of sp³-hybridized carbons (Fsp3) is 0.364. The molecule has 7 nitrogen and oxygen atoms in total. The summed E-state index contributed by atoms with van der Waals surface area (Å²) in [5.41, 5.74) is 1.19. The summed E-state index contributed by atoms with van der Waals surface area (Å²) in [5, 5.41) is 11.9. The molecule has 1 heterocycles. The second kappa shape index (κ2) is 11.0. The van der Waals surface area contributed by atoms with Gasteiger partial charge in [-0.2, -0.15) is 0 Å². The minimum Gasteiger partial charge on any atom is -0.490 e. The van der Waals surface area contributed by atoms with Gasteiger partial charge in [-0.15, -0.1) is 11.8 Å². The van der Waals surface area contributed by atoms with Crippen molar-refractivity contribution in [2.75, 3.05) is 26.0 Å². The number of Topliss-reactive ketones (excluding diaryl/α,β-unsaturated/α-hetero) is 1. The van der Waals surface area contributed by atoms with Gasteiger partial charge in [0.25, 0.3) is 0 Å². The van der Waals surface area contributed by atoms with E-state index in [9.17, 15) is 19.7 Å². The molecular formula is C22H22Cl2N2O5S. The third kappa shape index (κ3) is 5.94. The van der Waals surface area contributed by atoms with Gasteiger partial charge in [0.05, 0.1) is 27.8 Å². The number of amides is 1. The van der Waals surface area contributed by atoms with Gasteiger partial charge in [-0.25, -0.2) is 0 Å². The van der Waals surface area contributed by atoms with Gasteiger partial charge >= 0.3 is 5.69 Å². The number of benzene rings is 2. The molecule has 170 valence electrons. The van der Waals surface area contributed by atoms with Crippen LogP contribution in [0.15, 0.2) is 36.4 Å². The van der Waals surface area contributed by atoms with E-state index in [1.54, 1.807) is 35.2 Å². The lowest BCUT2D eigenvalue weighted by molar-refractivity contribution is -0.385. The highest BCUT2D eigenvalue weighted by molar-refractivity contribution is 7.99. The fourth-order valence-corrected chi connectivity index (χ4v) is 4.76. The number of hydrogen-bond acceptors (Lipinski definition) is 6. The molecule has 0 unspecified atom stereocenters. The number of ketones is 1. The van der Waals surface area contributed by atoms with E-state index in [0.29, 0.717) is 47.3 Å². The Hall–Kier alpha value is -2.29. The molecule has 0 aromatic heterocycles. The molecule has 2 aromatic carbocycles. The number of nitro groups is 1. The minimum atomic E-state index is -0.485. The second-order valence-corrected chi connectivity index (χ2v) is 9.20. The number of halogens is 2. The Labute approximate surface area is 200 Å². The number of hydrogen-bond donors (Lipinski definition) is 0. The van der Waals surface area contributed by atoms with Crippen LogP contribution < -0.4 is 4.74 Å². The summed E-state index contributed by atoms with van der Waals surface area (Å²) in [4.78, 5) is 37.7. The summed E-state index contributed by atoms with van der Waals surface area (Å²) >= 11 is 13.3. The third-order valence-electron chi connectivity index (χ3n) is 5.36. The van der Waals surface area contributed by atoms with E-state index < -0.39 is 4.92 Å². The number of ether oxygens (including phenoxy) is 1. The molecule has 2 aromatic rings. The van der Waals surface area contributed by atoms with Crippen molar-refractivity contribution in [2.45, 2.75) is 18.6 Å². The first-order chi connectivity index (χ1) is 15.3. The van der Waals surface area contributed by atoms with E-state index >= 15 is 0 Å². The van der Waals surface area contributed by atoms with Crippen LogP contribution >= 0.6 is 35.0 Å². The lowest BCUT2D eigenvalue weighted by Crippen LogP contribution is -2.41. The number of nitro benzene ring substituents is 1. The number of rotatable bonds is 8. The molecule has 0 bridgehead atoms. The molecule has 0 N–H and O–H groups in total. The number of thioether (sulfide) groups is 1. The van der Waals surface area contributed by atoms with Crippen molar-refractivity contribution in [3.8, 4) is 5.75 Å². The van der Waals surface area contributed by atoms with Crippen LogP contribution in [-0.4, -0.2) is 47.5 Å². The Morgan fingerprint density at radius 1 is 1.16 bits per heavy atom. The average Bonchev–Trinajstić information content (AvgIpc) is 2.80. The maximum absolute atomic E-state index is 12.7.